The molecule has 0 saturated heterocycles. The Morgan fingerprint density at radius 3 is 2.35 bits per heavy atom. The molecule has 1 N–H and O–H groups in total. The molecule has 0 radical (unpaired) electrons. The first-order chi connectivity index (χ1) is 11.1. The Hall–Kier alpha value is -2.81. The standard InChI is InChI=1S/C20H19NO2/c1-3-15-9-7-8-12-18(15)21-14(2)17(20(22)23)13-19(21)16-10-5-4-6-11-16/h4-13H,3H2,1-2H3,(H,22,23). The minimum atomic E-state index is -0.896. The van der Waals surface area contributed by atoms with Crippen molar-refractivity contribution in [1.29, 1.82) is 0 Å². The summed E-state index contributed by atoms with van der Waals surface area (Å²) in [5, 5.41) is 9.51. The number of benzene rings is 2. The monoisotopic (exact) mass is 305 g/mol. The fourth-order valence-electron chi connectivity index (χ4n) is 2.98. The third kappa shape index (κ3) is 2.66. The largest absolute Gasteiger partial charge is 0.478 e. The second kappa shape index (κ2) is 6.13. The van der Waals surface area contributed by atoms with Gasteiger partial charge in [-0.2, -0.15) is 0 Å². The van der Waals surface area contributed by atoms with Crippen molar-refractivity contribution >= 4 is 5.97 Å². The summed E-state index contributed by atoms with van der Waals surface area (Å²) >= 11 is 0. The molecule has 116 valence electrons. The molecule has 3 heteroatoms. The Labute approximate surface area is 135 Å². The van der Waals surface area contributed by atoms with E-state index in [0.29, 0.717) is 5.56 Å². The van der Waals surface area contributed by atoms with Crippen LogP contribution >= 0.6 is 0 Å². The van der Waals surface area contributed by atoms with Gasteiger partial charge in [0.2, 0.25) is 0 Å². The highest BCUT2D eigenvalue weighted by Crippen LogP contribution is 2.31. The van der Waals surface area contributed by atoms with E-state index in [9.17, 15) is 9.90 Å². The van der Waals surface area contributed by atoms with E-state index >= 15 is 0 Å². The number of hydrogen-bond acceptors (Lipinski definition) is 1. The molecule has 0 bridgehead atoms. The predicted octanol–water partition coefficient (Wildman–Crippen LogP) is 4.71. The number of hydrogen-bond donors (Lipinski definition) is 1. The summed E-state index contributed by atoms with van der Waals surface area (Å²) < 4.78 is 2.05. The van der Waals surface area contributed by atoms with E-state index in [4.69, 9.17) is 0 Å². The number of para-hydroxylation sites is 1. The minimum absolute atomic E-state index is 0.342. The quantitative estimate of drug-likeness (QED) is 0.758. The number of carbonyl (C=O) groups is 1. The topological polar surface area (TPSA) is 42.2 Å². The maximum Gasteiger partial charge on any atom is 0.337 e. The van der Waals surface area contributed by atoms with Crippen molar-refractivity contribution < 1.29 is 9.90 Å². The Morgan fingerprint density at radius 1 is 1.04 bits per heavy atom. The Kier molecular flexibility index (Phi) is 4.02. The fourth-order valence-corrected chi connectivity index (χ4v) is 2.98. The molecule has 3 rings (SSSR count). The Morgan fingerprint density at radius 2 is 1.70 bits per heavy atom. The Bertz CT molecular complexity index is 847. The van der Waals surface area contributed by atoms with Crippen LogP contribution in [-0.2, 0) is 6.42 Å². The van der Waals surface area contributed by atoms with E-state index in [0.717, 1.165) is 29.1 Å². The van der Waals surface area contributed by atoms with Crippen molar-refractivity contribution in [1.82, 2.24) is 4.57 Å². The molecule has 1 aromatic heterocycles. The molecule has 0 saturated carbocycles. The number of carboxylic acids is 1. The van der Waals surface area contributed by atoms with Crippen LogP contribution in [0.4, 0.5) is 0 Å². The highest BCUT2D eigenvalue weighted by atomic mass is 16.4. The van der Waals surface area contributed by atoms with Gasteiger partial charge in [-0.25, -0.2) is 4.79 Å². The second-order valence-corrected chi connectivity index (χ2v) is 5.52. The normalized spacial score (nSPS) is 10.7. The van der Waals surface area contributed by atoms with Crippen LogP contribution in [0, 0.1) is 6.92 Å². The van der Waals surface area contributed by atoms with Crippen molar-refractivity contribution in [2.45, 2.75) is 20.3 Å². The fraction of sp³-hybridized carbons (Fsp3) is 0.150. The SMILES string of the molecule is CCc1ccccc1-n1c(-c2ccccc2)cc(C(=O)O)c1C. The molecule has 3 aromatic rings. The number of aryl methyl sites for hydroxylation is 1. The van der Waals surface area contributed by atoms with Crippen LogP contribution in [0.1, 0.15) is 28.5 Å². The molecule has 0 unspecified atom stereocenters. The van der Waals surface area contributed by atoms with Gasteiger partial charge in [0.25, 0.3) is 0 Å². The van der Waals surface area contributed by atoms with E-state index < -0.39 is 5.97 Å². The third-order valence-corrected chi connectivity index (χ3v) is 4.16. The summed E-state index contributed by atoms with van der Waals surface area (Å²) in [6, 6.07) is 19.8. The number of aromatic nitrogens is 1. The maximum absolute atomic E-state index is 11.6. The summed E-state index contributed by atoms with van der Waals surface area (Å²) in [5.41, 5.74) is 5.24. The smallest absolute Gasteiger partial charge is 0.337 e. The molecule has 1 heterocycles. The van der Waals surface area contributed by atoms with E-state index in [1.54, 1.807) is 6.07 Å². The third-order valence-electron chi connectivity index (χ3n) is 4.16. The lowest BCUT2D eigenvalue weighted by atomic mass is 10.1. The molecule has 3 nitrogen and oxygen atoms in total. The van der Waals surface area contributed by atoms with E-state index in [-0.39, 0.29) is 0 Å². The molecule has 0 aliphatic rings. The zero-order valence-electron chi connectivity index (χ0n) is 13.3. The number of carboxylic acid groups (broad SMARTS) is 1. The van der Waals surface area contributed by atoms with Gasteiger partial charge >= 0.3 is 5.97 Å². The molecule has 0 aliphatic heterocycles. The van der Waals surface area contributed by atoms with Gasteiger partial charge in [0.1, 0.15) is 0 Å². The maximum atomic E-state index is 11.6. The molecule has 0 atom stereocenters. The molecular formula is C20H19NO2. The first-order valence-corrected chi connectivity index (χ1v) is 7.72. The van der Waals surface area contributed by atoms with Crippen molar-refractivity contribution in [3.8, 4) is 16.9 Å². The summed E-state index contributed by atoms with van der Waals surface area (Å²) in [6.45, 7) is 3.97. The number of nitrogens with zero attached hydrogens (tertiary/aromatic N) is 1. The minimum Gasteiger partial charge on any atom is -0.478 e. The molecule has 0 amide bonds. The molecule has 0 aliphatic carbocycles. The van der Waals surface area contributed by atoms with E-state index in [1.165, 1.54) is 5.56 Å². The number of rotatable bonds is 4. The van der Waals surface area contributed by atoms with Crippen LogP contribution in [-0.4, -0.2) is 15.6 Å². The zero-order valence-corrected chi connectivity index (χ0v) is 13.3. The van der Waals surface area contributed by atoms with E-state index in [1.807, 2.05) is 55.5 Å². The molecule has 23 heavy (non-hydrogen) atoms. The van der Waals surface area contributed by atoms with Crippen molar-refractivity contribution in [2.75, 3.05) is 0 Å². The van der Waals surface area contributed by atoms with Crippen LogP contribution in [0.15, 0.2) is 60.7 Å². The van der Waals surface area contributed by atoms with Gasteiger partial charge in [-0.05, 0) is 36.6 Å². The van der Waals surface area contributed by atoms with Gasteiger partial charge < -0.3 is 9.67 Å². The summed E-state index contributed by atoms with van der Waals surface area (Å²) in [4.78, 5) is 11.6. The van der Waals surface area contributed by atoms with Crippen LogP contribution in [0.25, 0.3) is 16.9 Å². The van der Waals surface area contributed by atoms with E-state index in [2.05, 4.69) is 17.6 Å². The highest BCUT2D eigenvalue weighted by Gasteiger charge is 2.19. The predicted molar refractivity (Wildman–Crippen MR) is 92.3 cm³/mol. The van der Waals surface area contributed by atoms with Gasteiger partial charge in [-0.3, -0.25) is 0 Å². The van der Waals surface area contributed by atoms with Crippen molar-refractivity contribution in [3.63, 3.8) is 0 Å². The second-order valence-electron chi connectivity index (χ2n) is 5.52. The number of aromatic carboxylic acids is 1. The molecule has 0 spiro atoms. The highest BCUT2D eigenvalue weighted by molar-refractivity contribution is 5.91. The van der Waals surface area contributed by atoms with Crippen LogP contribution < -0.4 is 0 Å². The molecule has 2 aromatic carbocycles. The zero-order chi connectivity index (χ0) is 16.4. The molecular weight excluding hydrogens is 286 g/mol. The van der Waals surface area contributed by atoms with Gasteiger partial charge in [0.05, 0.1) is 11.3 Å². The lowest BCUT2D eigenvalue weighted by Gasteiger charge is -2.15. The van der Waals surface area contributed by atoms with Crippen LogP contribution in [0.2, 0.25) is 0 Å². The van der Waals surface area contributed by atoms with Crippen molar-refractivity contribution in [2.24, 2.45) is 0 Å². The average Bonchev–Trinajstić information content (AvgIpc) is 2.93. The average molecular weight is 305 g/mol. The summed E-state index contributed by atoms with van der Waals surface area (Å²) in [5.74, 6) is -0.896. The van der Waals surface area contributed by atoms with Gasteiger partial charge in [-0.1, -0.05) is 55.5 Å². The Balaban J connectivity index is 2.33. The lowest BCUT2D eigenvalue weighted by molar-refractivity contribution is 0.0696. The van der Waals surface area contributed by atoms with Crippen LogP contribution in [0.5, 0.6) is 0 Å². The first kappa shape index (κ1) is 15.1. The molecule has 0 fully saturated rings. The summed E-state index contributed by atoms with van der Waals surface area (Å²) in [7, 11) is 0. The van der Waals surface area contributed by atoms with Gasteiger partial charge in [0.15, 0.2) is 0 Å². The van der Waals surface area contributed by atoms with Gasteiger partial charge in [0, 0.05) is 11.4 Å². The summed E-state index contributed by atoms with van der Waals surface area (Å²) in [6.07, 6.45) is 0.893. The van der Waals surface area contributed by atoms with Crippen molar-refractivity contribution in [3.05, 3.63) is 77.5 Å². The first-order valence-electron chi connectivity index (χ1n) is 7.72. The lowest BCUT2D eigenvalue weighted by Crippen LogP contribution is -2.05. The van der Waals surface area contributed by atoms with Gasteiger partial charge in [-0.15, -0.1) is 0 Å². The van der Waals surface area contributed by atoms with Crippen LogP contribution in [0.3, 0.4) is 0 Å².